The van der Waals surface area contributed by atoms with E-state index in [1.54, 1.807) is 0 Å². The Labute approximate surface area is 83.3 Å². The molecule has 2 heterocycles. The summed E-state index contributed by atoms with van der Waals surface area (Å²) < 4.78 is 16.5. The Morgan fingerprint density at radius 2 is 2.07 bits per heavy atom. The van der Waals surface area contributed by atoms with E-state index in [1.165, 1.54) is 0 Å². The largest absolute Gasteiger partial charge is 0.387 e. The van der Waals surface area contributed by atoms with E-state index in [0.717, 1.165) is 0 Å². The van der Waals surface area contributed by atoms with Gasteiger partial charge in [0.1, 0.15) is 18.3 Å². The van der Waals surface area contributed by atoms with Gasteiger partial charge >= 0.3 is 0 Å². The van der Waals surface area contributed by atoms with Crippen molar-refractivity contribution in [2.75, 3.05) is 13.6 Å². The van der Waals surface area contributed by atoms with Gasteiger partial charge < -0.3 is 24.6 Å². The molecule has 0 aromatic rings. The second kappa shape index (κ2) is 3.43. The first kappa shape index (κ1) is 10.3. The second-order valence-electron chi connectivity index (χ2n) is 4.19. The molecule has 5 nitrogen and oxygen atoms in total. The molecule has 2 saturated heterocycles. The van der Waals surface area contributed by atoms with Crippen molar-refractivity contribution in [2.45, 2.75) is 44.2 Å². The quantitative estimate of drug-likeness (QED) is 0.630. The first-order chi connectivity index (χ1) is 6.53. The molecule has 2 N–H and O–H groups in total. The summed E-state index contributed by atoms with van der Waals surface area (Å²) in [6, 6.07) is 0. The Balaban J connectivity index is 2.00. The fourth-order valence-electron chi connectivity index (χ4n) is 1.93. The Bertz CT molecular complexity index is 221. The van der Waals surface area contributed by atoms with Gasteiger partial charge in [-0.25, -0.2) is 0 Å². The summed E-state index contributed by atoms with van der Waals surface area (Å²) in [4.78, 5) is 0. The Morgan fingerprint density at radius 1 is 1.36 bits per heavy atom. The molecule has 0 spiro atoms. The van der Waals surface area contributed by atoms with Gasteiger partial charge in [0.05, 0.1) is 0 Å². The summed E-state index contributed by atoms with van der Waals surface area (Å²) in [7, 11) is 1.82. The molecular formula is C9H17NO4. The molecule has 2 rings (SSSR count). The maximum absolute atomic E-state index is 9.85. The van der Waals surface area contributed by atoms with Crippen molar-refractivity contribution in [1.82, 2.24) is 5.32 Å². The summed E-state index contributed by atoms with van der Waals surface area (Å²) in [5.74, 6) is -0.652. The van der Waals surface area contributed by atoms with Crippen LogP contribution in [0.1, 0.15) is 13.8 Å². The third-order valence-electron chi connectivity index (χ3n) is 2.52. The highest BCUT2D eigenvalue weighted by atomic mass is 16.8. The number of nitrogens with one attached hydrogen (secondary N) is 1. The molecule has 0 aromatic carbocycles. The Hall–Kier alpha value is -0.200. The number of aliphatic hydroxyl groups excluding tert-OH is 1. The van der Waals surface area contributed by atoms with Crippen molar-refractivity contribution < 1.29 is 19.3 Å². The van der Waals surface area contributed by atoms with Gasteiger partial charge in [0.25, 0.3) is 0 Å². The molecule has 14 heavy (non-hydrogen) atoms. The maximum Gasteiger partial charge on any atom is 0.190 e. The normalized spacial score (nSPS) is 45.4. The zero-order valence-corrected chi connectivity index (χ0v) is 8.69. The highest BCUT2D eigenvalue weighted by Crippen LogP contribution is 2.36. The Morgan fingerprint density at radius 3 is 2.64 bits per heavy atom. The van der Waals surface area contributed by atoms with Gasteiger partial charge in [-0.1, -0.05) is 0 Å². The van der Waals surface area contributed by atoms with Crippen LogP contribution in [0.5, 0.6) is 0 Å². The van der Waals surface area contributed by atoms with Gasteiger partial charge in [0.2, 0.25) is 0 Å². The van der Waals surface area contributed by atoms with Crippen molar-refractivity contribution in [2.24, 2.45) is 0 Å². The minimum absolute atomic E-state index is 0.244. The van der Waals surface area contributed by atoms with E-state index in [0.29, 0.717) is 6.54 Å². The number of likely N-dealkylation sites (N-methyl/N-ethyl adjacent to an activating group) is 1. The average Bonchev–Trinajstić information content (AvgIpc) is 2.50. The molecule has 2 aliphatic heterocycles. The zero-order chi connectivity index (χ0) is 10.3. The number of hydrogen-bond acceptors (Lipinski definition) is 5. The first-order valence-electron chi connectivity index (χ1n) is 4.87. The lowest BCUT2D eigenvalue weighted by Gasteiger charge is -2.22. The van der Waals surface area contributed by atoms with Crippen LogP contribution in [0, 0.1) is 0 Å². The first-order valence-corrected chi connectivity index (χ1v) is 4.87. The van der Waals surface area contributed by atoms with Crippen molar-refractivity contribution in [1.29, 1.82) is 0 Å². The molecule has 0 bridgehead atoms. The molecule has 0 aromatic heterocycles. The molecule has 0 saturated carbocycles. The lowest BCUT2D eigenvalue weighted by Crippen LogP contribution is -2.38. The van der Waals surface area contributed by atoms with Gasteiger partial charge in [0.15, 0.2) is 12.1 Å². The van der Waals surface area contributed by atoms with Gasteiger partial charge in [0, 0.05) is 6.54 Å². The molecule has 2 fully saturated rings. The van der Waals surface area contributed by atoms with E-state index in [1.807, 2.05) is 20.9 Å². The van der Waals surface area contributed by atoms with Crippen LogP contribution < -0.4 is 5.32 Å². The summed E-state index contributed by atoms with van der Waals surface area (Å²) in [5, 5.41) is 12.8. The molecular weight excluding hydrogens is 186 g/mol. The SMILES string of the molecule is CNC[C@H]1O[C@@H]2OC(C)(C)O[C@@H]2[C@H]1O. The molecule has 5 heteroatoms. The van der Waals surface area contributed by atoms with E-state index < -0.39 is 18.2 Å². The molecule has 0 unspecified atom stereocenters. The van der Waals surface area contributed by atoms with Gasteiger partial charge in [-0.15, -0.1) is 0 Å². The number of aliphatic hydroxyl groups is 1. The van der Waals surface area contributed by atoms with E-state index in [-0.39, 0.29) is 12.2 Å². The number of hydrogen-bond donors (Lipinski definition) is 2. The van der Waals surface area contributed by atoms with Gasteiger partial charge in [-0.2, -0.15) is 0 Å². The van der Waals surface area contributed by atoms with Gasteiger partial charge in [-0.3, -0.25) is 0 Å². The van der Waals surface area contributed by atoms with Crippen LogP contribution in [-0.4, -0.2) is 49.1 Å². The van der Waals surface area contributed by atoms with Crippen molar-refractivity contribution >= 4 is 0 Å². The standard InChI is InChI=1S/C9H17NO4/c1-9(2)13-7-6(11)5(4-10-3)12-8(7)14-9/h5-8,10-11H,4H2,1-3H3/t5-,6+,7-,8-/m1/s1. The predicted molar refractivity (Wildman–Crippen MR) is 48.6 cm³/mol. The summed E-state index contributed by atoms with van der Waals surface area (Å²) in [5.41, 5.74) is 0. The molecule has 0 radical (unpaired) electrons. The monoisotopic (exact) mass is 203 g/mol. The topological polar surface area (TPSA) is 60.0 Å². The fourth-order valence-corrected chi connectivity index (χ4v) is 1.93. The van der Waals surface area contributed by atoms with E-state index in [2.05, 4.69) is 5.32 Å². The van der Waals surface area contributed by atoms with Crippen molar-refractivity contribution in [3.05, 3.63) is 0 Å². The molecule has 82 valence electrons. The fraction of sp³-hybridized carbons (Fsp3) is 1.00. The van der Waals surface area contributed by atoms with Crippen LogP contribution in [0.15, 0.2) is 0 Å². The molecule has 0 aliphatic carbocycles. The lowest BCUT2D eigenvalue weighted by atomic mass is 10.1. The van der Waals surface area contributed by atoms with Crippen LogP contribution >= 0.6 is 0 Å². The predicted octanol–water partition coefficient (Wildman–Crippen LogP) is -0.557. The Kier molecular flexibility index (Phi) is 2.53. The third-order valence-corrected chi connectivity index (χ3v) is 2.52. The summed E-state index contributed by atoms with van der Waals surface area (Å²) in [6.45, 7) is 4.23. The average molecular weight is 203 g/mol. The molecule has 0 amide bonds. The van der Waals surface area contributed by atoms with Crippen LogP contribution in [0.2, 0.25) is 0 Å². The molecule has 4 atom stereocenters. The second-order valence-corrected chi connectivity index (χ2v) is 4.19. The van der Waals surface area contributed by atoms with E-state index in [9.17, 15) is 5.11 Å². The highest BCUT2D eigenvalue weighted by molar-refractivity contribution is 4.93. The maximum atomic E-state index is 9.85. The number of ether oxygens (including phenoxy) is 3. The van der Waals surface area contributed by atoms with E-state index >= 15 is 0 Å². The minimum Gasteiger partial charge on any atom is -0.387 e. The third kappa shape index (κ3) is 1.66. The lowest BCUT2D eigenvalue weighted by molar-refractivity contribution is -0.213. The minimum atomic E-state index is -0.652. The summed E-state index contributed by atoms with van der Waals surface area (Å²) in [6.07, 6.45) is -1.65. The van der Waals surface area contributed by atoms with Gasteiger partial charge in [-0.05, 0) is 20.9 Å². The summed E-state index contributed by atoms with van der Waals surface area (Å²) >= 11 is 0. The number of rotatable bonds is 2. The van der Waals surface area contributed by atoms with Crippen molar-refractivity contribution in [3.8, 4) is 0 Å². The number of fused-ring (bicyclic) bond motifs is 1. The molecule has 2 aliphatic rings. The van der Waals surface area contributed by atoms with Crippen LogP contribution in [-0.2, 0) is 14.2 Å². The van der Waals surface area contributed by atoms with Crippen LogP contribution in [0.3, 0.4) is 0 Å². The van der Waals surface area contributed by atoms with Crippen LogP contribution in [0.4, 0.5) is 0 Å². The highest BCUT2D eigenvalue weighted by Gasteiger charge is 2.53. The smallest absolute Gasteiger partial charge is 0.190 e. The zero-order valence-electron chi connectivity index (χ0n) is 8.69. The van der Waals surface area contributed by atoms with E-state index in [4.69, 9.17) is 14.2 Å². The van der Waals surface area contributed by atoms with Crippen LogP contribution in [0.25, 0.3) is 0 Å². The van der Waals surface area contributed by atoms with Crippen molar-refractivity contribution in [3.63, 3.8) is 0 Å².